The van der Waals surface area contributed by atoms with Gasteiger partial charge in [0.05, 0.1) is 16.4 Å². The van der Waals surface area contributed by atoms with Crippen LogP contribution in [-0.2, 0) is 10.0 Å². The maximum atomic E-state index is 13.0. The van der Waals surface area contributed by atoms with E-state index < -0.39 is 15.8 Å². The SMILES string of the molecule is CCN(c1ccc(F)cc1)S(=O)(=O)c1c(N)cccc1Cl. The van der Waals surface area contributed by atoms with Crippen molar-refractivity contribution in [1.29, 1.82) is 0 Å². The zero-order valence-electron chi connectivity index (χ0n) is 11.3. The minimum atomic E-state index is -3.92. The van der Waals surface area contributed by atoms with Crippen molar-refractivity contribution < 1.29 is 12.8 Å². The molecule has 0 saturated heterocycles. The van der Waals surface area contributed by atoms with E-state index in [2.05, 4.69) is 0 Å². The third-order valence-electron chi connectivity index (χ3n) is 2.95. The molecule has 0 bridgehead atoms. The summed E-state index contributed by atoms with van der Waals surface area (Å²) in [5, 5.41) is 0.0514. The Morgan fingerprint density at radius 2 is 1.81 bits per heavy atom. The predicted molar refractivity (Wildman–Crippen MR) is 82.5 cm³/mol. The summed E-state index contributed by atoms with van der Waals surface area (Å²) in [5.41, 5.74) is 6.17. The molecule has 0 fully saturated rings. The lowest BCUT2D eigenvalue weighted by Crippen LogP contribution is -2.31. The molecule has 2 rings (SSSR count). The van der Waals surface area contributed by atoms with Crippen molar-refractivity contribution in [3.8, 4) is 0 Å². The van der Waals surface area contributed by atoms with Gasteiger partial charge in [0.1, 0.15) is 10.7 Å². The summed E-state index contributed by atoms with van der Waals surface area (Å²) in [6.07, 6.45) is 0. The quantitative estimate of drug-likeness (QED) is 0.876. The number of benzene rings is 2. The second kappa shape index (κ2) is 5.91. The molecule has 0 aliphatic carbocycles. The van der Waals surface area contributed by atoms with Crippen molar-refractivity contribution in [3.63, 3.8) is 0 Å². The minimum Gasteiger partial charge on any atom is -0.398 e. The Hall–Kier alpha value is -1.79. The van der Waals surface area contributed by atoms with Gasteiger partial charge in [-0.3, -0.25) is 4.31 Å². The molecule has 112 valence electrons. The van der Waals surface area contributed by atoms with Crippen LogP contribution in [-0.4, -0.2) is 15.0 Å². The molecule has 0 unspecified atom stereocenters. The zero-order valence-corrected chi connectivity index (χ0v) is 12.8. The van der Waals surface area contributed by atoms with E-state index in [1.165, 1.54) is 36.4 Å². The summed E-state index contributed by atoms with van der Waals surface area (Å²) in [5.74, 6) is -0.440. The van der Waals surface area contributed by atoms with Crippen LogP contribution in [0.2, 0.25) is 5.02 Å². The highest BCUT2D eigenvalue weighted by atomic mass is 35.5. The van der Waals surface area contributed by atoms with Gasteiger partial charge in [0.2, 0.25) is 0 Å². The van der Waals surface area contributed by atoms with E-state index in [9.17, 15) is 12.8 Å². The fourth-order valence-corrected chi connectivity index (χ4v) is 4.12. The first-order valence-electron chi connectivity index (χ1n) is 6.20. The van der Waals surface area contributed by atoms with Crippen LogP contribution in [0.1, 0.15) is 6.92 Å². The minimum absolute atomic E-state index is 0.0514. The Balaban J connectivity index is 2.58. The van der Waals surface area contributed by atoms with Crippen molar-refractivity contribution in [2.45, 2.75) is 11.8 Å². The first kappa shape index (κ1) is 15.6. The van der Waals surface area contributed by atoms with Gasteiger partial charge in [0, 0.05) is 6.54 Å². The lowest BCUT2D eigenvalue weighted by molar-refractivity contribution is 0.592. The molecule has 0 spiro atoms. The number of nitrogens with zero attached hydrogens (tertiary/aromatic N) is 1. The molecule has 21 heavy (non-hydrogen) atoms. The van der Waals surface area contributed by atoms with E-state index in [0.29, 0.717) is 5.69 Å². The number of nitrogens with two attached hydrogens (primary N) is 1. The molecule has 0 aromatic heterocycles. The Labute approximate surface area is 128 Å². The number of anilines is 2. The lowest BCUT2D eigenvalue weighted by atomic mass is 10.3. The highest BCUT2D eigenvalue weighted by Crippen LogP contribution is 2.32. The number of hydrogen-bond donors (Lipinski definition) is 1. The Kier molecular flexibility index (Phi) is 4.39. The van der Waals surface area contributed by atoms with E-state index in [4.69, 9.17) is 17.3 Å². The summed E-state index contributed by atoms with van der Waals surface area (Å²) in [4.78, 5) is -0.141. The van der Waals surface area contributed by atoms with Gasteiger partial charge < -0.3 is 5.73 Å². The van der Waals surface area contributed by atoms with Crippen LogP contribution < -0.4 is 10.0 Å². The fraction of sp³-hybridized carbons (Fsp3) is 0.143. The van der Waals surface area contributed by atoms with Crippen molar-refractivity contribution in [2.75, 3.05) is 16.6 Å². The lowest BCUT2D eigenvalue weighted by Gasteiger charge is -2.24. The van der Waals surface area contributed by atoms with E-state index in [1.807, 2.05) is 0 Å². The van der Waals surface area contributed by atoms with Crippen molar-refractivity contribution in [2.24, 2.45) is 0 Å². The molecule has 0 atom stereocenters. The summed E-state index contributed by atoms with van der Waals surface area (Å²) in [7, 11) is -3.92. The van der Waals surface area contributed by atoms with Gasteiger partial charge in [-0.2, -0.15) is 0 Å². The maximum Gasteiger partial charge on any atom is 0.267 e. The molecular formula is C14H14ClFN2O2S. The van der Waals surface area contributed by atoms with Gasteiger partial charge >= 0.3 is 0 Å². The average Bonchev–Trinajstić information content (AvgIpc) is 2.41. The molecule has 0 aliphatic rings. The van der Waals surface area contributed by atoms with Crippen LogP contribution in [0, 0.1) is 5.82 Å². The van der Waals surface area contributed by atoms with Crippen molar-refractivity contribution in [3.05, 3.63) is 53.3 Å². The normalized spacial score (nSPS) is 11.4. The van der Waals surface area contributed by atoms with Gasteiger partial charge in [-0.25, -0.2) is 12.8 Å². The first-order chi connectivity index (χ1) is 9.87. The van der Waals surface area contributed by atoms with E-state index in [-0.39, 0.29) is 22.2 Å². The molecule has 0 amide bonds. The van der Waals surface area contributed by atoms with Crippen molar-refractivity contribution in [1.82, 2.24) is 0 Å². The molecule has 0 aliphatic heterocycles. The van der Waals surface area contributed by atoms with E-state index >= 15 is 0 Å². The number of sulfonamides is 1. The summed E-state index contributed by atoms with van der Waals surface area (Å²) in [6, 6.07) is 9.69. The molecule has 4 nitrogen and oxygen atoms in total. The largest absolute Gasteiger partial charge is 0.398 e. The van der Waals surface area contributed by atoms with Crippen LogP contribution in [0.4, 0.5) is 15.8 Å². The Morgan fingerprint density at radius 3 is 2.33 bits per heavy atom. The maximum absolute atomic E-state index is 13.0. The molecule has 2 N–H and O–H groups in total. The van der Waals surface area contributed by atoms with Gasteiger partial charge in [-0.1, -0.05) is 17.7 Å². The monoisotopic (exact) mass is 328 g/mol. The van der Waals surface area contributed by atoms with Gasteiger partial charge in [-0.05, 0) is 43.3 Å². The third-order valence-corrected chi connectivity index (χ3v) is 5.40. The average molecular weight is 329 g/mol. The molecule has 2 aromatic rings. The van der Waals surface area contributed by atoms with Crippen LogP contribution >= 0.6 is 11.6 Å². The van der Waals surface area contributed by atoms with Crippen molar-refractivity contribution >= 4 is 33.0 Å². The zero-order chi connectivity index (χ0) is 15.6. The number of nitrogen functional groups attached to an aromatic ring is 1. The summed E-state index contributed by atoms with van der Waals surface area (Å²) in [6.45, 7) is 1.84. The third kappa shape index (κ3) is 2.96. The van der Waals surface area contributed by atoms with Gasteiger partial charge in [-0.15, -0.1) is 0 Å². The van der Waals surface area contributed by atoms with E-state index in [1.54, 1.807) is 13.0 Å². The van der Waals surface area contributed by atoms with Gasteiger partial charge in [0.15, 0.2) is 0 Å². The number of rotatable bonds is 4. The Morgan fingerprint density at radius 1 is 1.19 bits per heavy atom. The smallest absolute Gasteiger partial charge is 0.267 e. The second-order valence-electron chi connectivity index (χ2n) is 4.30. The molecule has 7 heteroatoms. The van der Waals surface area contributed by atoms with Crippen LogP contribution in [0.5, 0.6) is 0 Å². The standard InChI is InChI=1S/C14H14ClFN2O2S/c1-2-18(11-8-6-10(16)7-9-11)21(19,20)14-12(15)4-3-5-13(14)17/h3-9H,2,17H2,1H3. The molecular weight excluding hydrogens is 315 g/mol. The summed E-state index contributed by atoms with van der Waals surface area (Å²) < 4.78 is 39.6. The van der Waals surface area contributed by atoms with Crippen LogP contribution in [0.3, 0.4) is 0 Å². The highest BCUT2D eigenvalue weighted by Gasteiger charge is 2.28. The topological polar surface area (TPSA) is 63.4 Å². The highest BCUT2D eigenvalue weighted by molar-refractivity contribution is 7.93. The van der Waals surface area contributed by atoms with E-state index in [0.717, 1.165) is 4.31 Å². The molecule has 0 radical (unpaired) electrons. The first-order valence-corrected chi connectivity index (χ1v) is 8.02. The van der Waals surface area contributed by atoms with Crippen LogP contribution in [0.15, 0.2) is 47.4 Å². The van der Waals surface area contributed by atoms with Gasteiger partial charge in [0.25, 0.3) is 10.0 Å². The van der Waals surface area contributed by atoms with Crippen LogP contribution in [0.25, 0.3) is 0 Å². The number of halogens is 2. The number of hydrogen-bond acceptors (Lipinski definition) is 3. The predicted octanol–water partition coefficient (Wildman–Crippen LogP) is 3.28. The fourth-order valence-electron chi connectivity index (χ4n) is 2.01. The molecule has 0 heterocycles. The Bertz CT molecular complexity index is 728. The molecule has 0 saturated carbocycles. The summed E-state index contributed by atoms with van der Waals surface area (Å²) >= 11 is 5.98. The second-order valence-corrected chi connectivity index (χ2v) is 6.51. The molecule has 2 aromatic carbocycles.